The van der Waals surface area contributed by atoms with Crippen molar-refractivity contribution in [3.63, 3.8) is 0 Å². The summed E-state index contributed by atoms with van der Waals surface area (Å²) in [5.41, 5.74) is 12.7. The van der Waals surface area contributed by atoms with Gasteiger partial charge in [0, 0.05) is 22.3 Å². The van der Waals surface area contributed by atoms with E-state index in [0.717, 1.165) is 39.0 Å². The van der Waals surface area contributed by atoms with Crippen LogP contribution in [-0.4, -0.2) is 10.9 Å². The maximum atomic E-state index is 14.2. The fraction of sp³-hybridized carbons (Fsp3) is 0.0667. The molecule has 0 aliphatic heterocycles. The van der Waals surface area contributed by atoms with Crippen LogP contribution >= 0.6 is 0 Å². The Kier molecular flexibility index (Phi) is 5.79. The van der Waals surface area contributed by atoms with E-state index in [4.69, 9.17) is 10.7 Å². The minimum absolute atomic E-state index is 0.0727. The number of aromatic nitrogens is 1. The van der Waals surface area contributed by atoms with E-state index in [9.17, 15) is 4.79 Å². The van der Waals surface area contributed by atoms with Crippen molar-refractivity contribution in [2.45, 2.75) is 13.5 Å². The fourth-order valence-electron chi connectivity index (χ4n) is 4.07. The predicted octanol–water partition coefficient (Wildman–Crippen LogP) is 6.64. The Balaban J connectivity index is 1.64. The van der Waals surface area contributed by atoms with Gasteiger partial charge in [0.05, 0.1) is 23.3 Å². The Morgan fingerprint density at radius 2 is 1.50 bits per heavy atom. The Labute approximate surface area is 199 Å². The number of benzene rings is 4. The third kappa shape index (κ3) is 4.39. The molecule has 0 aliphatic carbocycles. The highest BCUT2D eigenvalue weighted by Crippen LogP contribution is 2.28. The van der Waals surface area contributed by atoms with E-state index >= 15 is 0 Å². The Morgan fingerprint density at radius 1 is 0.824 bits per heavy atom. The average molecular weight is 444 g/mol. The summed E-state index contributed by atoms with van der Waals surface area (Å²) in [5.74, 6) is -0.0727. The molecule has 0 saturated heterocycles. The average Bonchev–Trinajstić information content (AvgIpc) is 2.88. The lowest BCUT2D eigenvalue weighted by molar-refractivity contribution is 0.0986. The van der Waals surface area contributed by atoms with E-state index in [-0.39, 0.29) is 5.91 Å². The molecule has 34 heavy (non-hydrogen) atoms. The van der Waals surface area contributed by atoms with Crippen molar-refractivity contribution in [3.8, 4) is 11.3 Å². The van der Waals surface area contributed by atoms with Gasteiger partial charge in [-0.2, -0.15) is 0 Å². The number of hydrogen-bond acceptors (Lipinski definition) is 3. The molecule has 0 fully saturated rings. The molecule has 0 atom stereocenters. The number of hydrogen-bond donors (Lipinski definition) is 1. The molecular weight excluding hydrogens is 418 g/mol. The highest BCUT2D eigenvalue weighted by molar-refractivity contribution is 6.14. The summed E-state index contributed by atoms with van der Waals surface area (Å²) in [4.78, 5) is 20.8. The molecular formula is C30H25N3O. The lowest BCUT2D eigenvalue weighted by Gasteiger charge is -2.24. The van der Waals surface area contributed by atoms with Crippen molar-refractivity contribution in [1.29, 1.82) is 0 Å². The van der Waals surface area contributed by atoms with E-state index in [0.29, 0.717) is 17.8 Å². The van der Waals surface area contributed by atoms with Crippen LogP contribution in [0.1, 0.15) is 21.5 Å². The third-order valence-corrected chi connectivity index (χ3v) is 5.93. The number of para-hydroxylation sites is 1. The van der Waals surface area contributed by atoms with Crippen molar-refractivity contribution < 1.29 is 4.79 Å². The highest BCUT2D eigenvalue weighted by Gasteiger charge is 2.22. The van der Waals surface area contributed by atoms with Gasteiger partial charge >= 0.3 is 0 Å². The molecule has 1 aromatic heterocycles. The van der Waals surface area contributed by atoms with Crippen LogP contribution in [0.2, 0.25) is 0 Å². The van der Waals surface area contributed by atoms with Gasteiger partial charge in [0.2, 0.25) is 0 Å². The van der Waals surface area contributed by atoms with Crippen LogP contribution in [0.5, 0.6) is 0 Å². The summed E-state index contributed by atoms with van der Waals surface area (Å²) in [5, 5.41) is 0.835. The smallest absolute Gasteiger partial charge is 0.259 e. The number of fused-ring (bicyclic) bond motifs is 1. The zero-order valence-electron chi connectivity index (χ0n) is 19.0. The second-order valence-corrected chi connectivity index (χ2v) is 8.41. The summed E-state index contributed by atoms with van der Waals surface area (Å²) in [6.45, 7) is 2.47. The first kappa shape index (κ1) is 21.4. The van der Waals surface area contributed by atoms with Gasteiger partial charge < -0.3 is 10.6 Å². The minimum Gasteiger partial charge on any atom is -0.399 e. The van der Waals surface area contributed by atoms with Crippen LogP contribution in [0.3, 0.4) is 0 Å². The van der Waals surface area contributed by atoms with Crippen LogP contribution in [-0.2, 0) is 6.54 Å². The maximum Gasteiger partial charge on any atom is 0.259 e. The number of amides is 1. The monoisotopic (exact) mass is 443 g/mol. The van der Waals surface area contributed by atoms with E-state index in [1.165, 1.54) is 0 Å². The molecule has 0 bridgehead atoms. The molecule has 1 heterocycles. The number of carbonyl (C=O) groups is 1. The zero-order chi connectivity index (χ0) is 23.5. The highest BCUT2D eigenvalue weighted by atomic mass is 16.2. The Morgan fingerprint density at radius 3 is 2.24 bits per heavy atom. The molecule has 4 heteroatoms. The molecule has 166 valence electrons. The third-order valence-electron chi connectivity index (χ3n) is 5.93. The molecule has 4 aromatic carbocycles. The standard InChI is InChI=1S/C30H25N3O/c1-21-11-17-25(18-12-21)33(20-22-13-15-24(31)16-14-22)30(34)27-19-29(23-7-3-2-4-8-23)32-28-10-6-5-9-26(27)28/h2-19H,20,31H2,1H3. The van der Waals surface area contributed by atoms with Crippen molar-refractivity contribution in [2.75, 3.05) is 10.6 Å². The SMILES string of the molecule is Cc1ccc(N(Cc2ccc(N)cc2)C(=O)c2cc(-c3ccccc3)nc3ccccc23)cc1. The summed E-state index contributed by atoms with van der Waals surface area (Å²) in [6.07, 6.45) is 0. The number of pyridine rings is 1. The zero-order valence-corrected chi connectivity index (χ0v) is 19.0. The van der Waals surface area contributed by atoms with Crippen LogP contribution in [0.4, 0.5) is 11.4 Å². The number of nitrogens with two attached hydrogens (primary N) is 1. The summed E-state index contributed by atoms with van der Waals surface area (Å²) >= 11 is 0. The van der Waals surface area contributed by atoms with Gasteiger partial charge in [-0.15, -0.1) is 0 Å². The van der Waals surface area contributed by atoms with Gasteiger partial charge in [0.1, 0.15) is 0 Å². The summed E-state index contributed by atoms with van der Waals surface area (Å²) in [7, 11) is 0. The molecule has 0 unspecified atom stereocenters. The van der Waals surface area contributed by atoms with Gasteiger partial charge in [-0.3, -0.25) is 4.79 Å². The molecule has 2 N–H and O–H groups in total. The fourth-order valence-corrected chi connectivity index (χ4v) is 4.07. The van der Waals surface area contributed by atoms with Gasteiger partial charge in [-0.1, -0.05) is 78.4 Å². The topological polar surface area (TPSA) is 59.2 Å². The Bertz CT molecular complexity index is 1440. The molecule has 0 spiro atoms. The number of rotatable bonds is 5. The summed E-state index contributed by atoms with van der Waals surface area (Å²) in [6, 6.07) is 35.4. The first-order chi connectivity index (χ1) is 16.6. The first-order valence-electron chi connectivity index (χ1n) is 11.3. The van der Waals surface area contributed by atoms with Crippen molar-refractivity contribution in [1.82, 2.24) is 4.98 Å². The molecule has 5 aromatic rings. The van der Waals surface area contributed by atoms with Gasteiger partial charge in [0.25, 0.3) is 5.91 Å². The molecule has 0 aliphatic rings. The lowest BCUT2D eigenvalue weighted by Crippen LogP contribution is -2.30. The van der Waals surface area contributed by atoms with Crippen LogP contribution in [0.25, 0.3) is 22.2 Å². The van der Waals surface area contributed by atoms with Gasteiger partial charge in [-0.05, 0) is 48.9 Å². The second-order valence-electron chi connectivity index (χ2n) is 8.41. The molecule has 0 radical (unpaired) electrons. The van der Waals surface area contributed by atoms with Crippen LogP contribution in [0, 0.1) is 6.92 Å². The largest absolute Gasteiger partial charge is 0.399 e. The second kappa shape index (κ2) is 9.20. The number of nitrogen functional groups attached to an aromatic ring is 1. The number of anilines is 2. The van der Waals surface area contributed by atoms with E-state index in [1.807, 2.05) is 121 Å². The minimum atomic E-state index is -0.0727. The lowest BCUT2D eigenvalue weighted by atomic mass is 10.0. The molecule has 5 rings (SSSR count). The Hall–Kier alpha value is -4.44. The van der Waals surface area contributed by atoms with E-state index in [1.54, 1.807) is 0 Å². The number of carbonyl (C=O) groups excluding carboxylic acids is 1. The quantitative estimate of drug-likeness (QED) is 0.310. The first-order valence-corrected chi connectivity index (χ1v) is 11.3. The maximum absolute atomic E-state index is 14.2. The normalized spacial score (nSPS) is 10.9. The van der Waals surface area contributed by atoms with Gasteiger partial charge in [-0.25, -0.2) is 4.98 Å². The number of nitrogens with zero attached hydrogens (tertiary/aromatic N) is 2. The van der Waals surface area contributed by atoms with Crippen molar-refractivity contribution in [2.24, 2.45) is 0 Å². The predicted molar refractivity (Wildman–Crippen MR) is 140 cm³/mol. The van der Waals surface area contributed by atoms with Crippen LogP contribution < -0.4 is 10.6 Å². The van der Waals surface area contributed by atoms with Crippen molar-refractivity contribution in [3.05, 3.63) is 126 Å². The molecule has 4 nitrogen and oxygen atoms in total. The van der Waals surface area contributed by atoms with E-state index in [2.05, 4.69) is 0 Å². The molecule has 1 amide bonds. The summed E-state index contributed by atoms with van der Waals surface area (Å²) < 4.78 is 0. The molecule has 0 saturated carbocycles. The number of aryl methyl sites for hydroxylation is 1. The van der Waals surface area contributed by atoms with Crippen molar-refractivity contribution >= 4 is 28.2 Å². The van der Waals surface area contributed by atoms with Gasteiger partial charge in [0.15, 0.2) is 0 Å². The van der Waals surface area contributed by atoms with E-state index < -0.39 is 0 Å². The van der Waals surface area contributed by atoms with Crippen LogP contribution in [0.15, 0.2) is 109 Å².